The van der Waals surface area contributed by atoms with Crippen LogP contribution in [0, 0.1) is 0 Å². The molecule has 2 heteroatoms. The minimum Gasteiger partial charge on any atom is -0.662 e. The summed E-state index contributed by atoms with van der Waals surface area (Å²) in [6, 6.07) is 0.564. The normalized spacial score (nSPS) is 36.7. The van der Waals surface area contributed by atoms with Crippen LogP contribution >= 0.6 is 0 Å². The molecule has 0 aromatic heterocycles. The van der Waals surface area contributed by atoms with Gasteiger partial charge in [0.15, 0.2) is 0 Å². The molecular weight excluding hydrogens is 114 g/mol. The van der Waals surface area contributed by atoms with Crippen LogP contribution in [-0.4, -0.2) is 25.8 Å². The first kappa shape index (κ1) is 7.03. The molecular formula is C7H14NO-. The number of rotatable bonds is 1. The van der Waals surface area contributed by atoms with Crippen molar-refractivity contribution in [2.45, 2.75) is 31.9 Å². The van der Waals surface area contributed by atoms with Crippen LogP contribution in [0.25, 0.3) is 5.32 Å². The summed E-state index contributed by atoms with van der Waals surface area (Å²) in [5.74, 6) is 0. The highest BCUT2D eigenvalue weighted by molar-refractivity contribution is 4.89. The Bertz CT molecular complexity index is 85.0. The predicted octanol–water partition coefficient (Wildman–Crippen LogP) is 1.56. The number of hydrogen-bond donors (Lipinski definition) is 0. The van der Waals surface area contributed by atoms with Crippen molar-refractivity contribution in [1.82, 2.24) is 0 Å². The van der Waals surface area contributed by atoms with Gasteiger partial charge in [-0.15, -0.1) is 6.04 Å². The molecule has 0 aromatic rings. The maximum absolute atomic E-state index is 5.35. The first-order chi connectivity index (χ1) is 4.33. The molecule has 2 atom stereocenters. The summed E-state index contributed by atoms with van der Waals surface area (Å²) in [4.78, 5) is 0. The molecule has 0 N–H and O–H groups in total. The molecule has 1 rings (SSSR count). The topological polar surface area (TPSA) is 23.3 Å². The molecule has 1 aliphatic rings. The van der Waals surface area contributed by atoms with Crippen LogP contribution in [0.3, 0.4) is 0 Å². The third-order valence-corrected chi connectivity index (χ3v) is 1.82. The fourth-order valence-electron chi connectivity index (χ4n) is 1.21. The van der Waals surface area contributed by atoms with E-state index < -0.39 is 0 Å². The third kappa shape index (κ3) is 1.95. The molecule has 2 nitrogen and oxygen atoms in total. The number of nitrogens with zero attached hydrogens (tertiary/aromatic N) is 1. The van der Waals surface area contributed by atoms with Crippen LogP contribution in [0.15, 0.2) is 0 Å². The van der Waals surface area contributed by atoms with Crippen molar-refractivity contribution in [3.05, 3.63) is 5.32 Å². The van der Waals surface area contributed by atoms with Gasteiger partial charge in [-0.2, -0.15) is 7.05 Å². The molecule has 1 heterocycles. The summed E-state index contributed by atoms with van der Waals surface area (Å²) in [6.45, 7) is 3.00. The highest BCUT2D eigenvalue weighted by Gasteiger charge is 2.10. The van der Waals surface area contributed by atoms with Gasteiger partial charge in [0.2, 0.25) is 0 Å². The molecule has 0 saturated carbocycles. The van der Waals surface area contributed by atoms with Crippen molar-refractivity contribution in [1.29, 1.82) is 0 Å². The van der Waals surface area contributed by atoms with Crippen molar-refractivity contribution in [2.75, 3.05) is 13.7 Å². The Hall–Kier alpha value is -0.0800. The first-order valence-corrected chi connectivity index (χ1v) is 3.53. The fraction of sp³-hybridized carbons (Fsp3) is 1.00. The van der Waals surface area contributed by atoms with E-state index in [2.05, 4.69) is 12.2 Å². The second-order valence-electron chi connectivity index (χ2n) is 2.62. The molecule has 0 bridgehead atoms. The van der Waals surface area contributed by atoms with E-state index in [1.165, 1.54) is 0 Å². The predicted molar refractivity (Wildman–Crippen MR) is 37.7 cm³/mol. The Kier molecular flexibility index (Phi) is 2.49. The van der Waals surface area contributed by atoms with Crippen LogP contribution in [0.4, 0.5) is 0 Å². The van der Waals surface area contributed by atoms with E-state index in [-0.39, 0.29) is 0 Å². The van der Waals surface area contributed by atoms with Gasteiger partial charge in [-0.1, -0.05) is 0 Å². The largest absolute Gasteiger partial charge is 0.662 e. The molecule has 0 amide bonds. The van der Waals surface area contributed by atoms with E-state index in [9.17, 15) is 0 Å². The van der Waals surface area contributed by atoms with Gasteiger partial charge in [-0.25, -0.2) is 0 Å². The maximum Gasteiger partial charge on any atom is 0.0533 e. The van der Waals surface area contributed by atoms with Gasteiger partial charge in [-0.05, 0) is 19.8 Å². The Morgan fingerprint density at radius 2 is 2.33 bits per heavy atom. The van der Waals surface area contributed by atoms with E-state index in [0.29, 0.717) is 12.1 Å². The monoisotopic (exact) mass is 128 g/mol. The molecule has 1 fully saturated rings. The average Bonchev–Trinajstić information content (AvgIpc) is 1.88. The lowest BCUT2D eigenvalue weighted by Gasteiger charge is -2.35. The zero-order valence-corrected chi connectivity index (χ0v) is 6.13. The zero-order chi connectivity index (χ0) is 6.69. The fourth-order valence-corrected chi connectivity index (χ4v) is 1.21. The molecule has 1 aliphatic heterocycles. The zero-order valence-electron chi connectivity index (χ0n) is 6.13. The van der Waals surface area contributed by atoms with E-state index >= 15 is 0 Å². The highest BCUT2D eigenvalue weighted by Crippen LogP contribution is 2.17. The lowest BCUT2D eigenvalue weighted by atomic mass is 10.1. The SMILES string of the molecule is C[N-]C1CCOC(C)C1. The second-order valence-corrected chi connectivity index (χ2v) is 2.62. The summed E-state index contributed by atoms with van der Waals surface area (Å²) >= 11 is 0. The van der Waals surface area contributed by atoms with Crippen LogP contribution < -0.4 is 0 Å². The Morgan fingerprint density at radius 1 is 1.56 bits per heavy atom. The van der Waals surface area contributed by atoms with E-state index in [1.54, 1.807) is 0 Å². The van der Waals surface area contributed by atoms with Gasteiger partial charge >= 0.3 is 0 Å². The van der Waals surface area contributed by atoms with Gasteiger partial charge in [0.05, 0.1) is 6.10 Å². The van der Waals surface area contributed by atoms with E-state index in [0.717, 1.165) is 19.4 Å². The summed E-state index contributed by atoms with van der Waals surface area (Å²) in [5, 5.41) is 4.22. The lowest BCUT2D eigenvalue weighted by Crippen LogP contribution is -2.25. The average molecular weight is 128 g/mol. The molecule has 2 unspecified atom stereocenters. The number of hydrogen-bond acceptors (Lipinski definition) is 1. The van der Waals surface area contributed by atoms with Gasteiger partial charge in [0.1, 0.15) is 0 Å². The minimum atomic E-state index is 0.424. The number of ether oxygens (including phenoxy) is 1. The quantitative estimate of drug-likeness (QED) is 0.525. The molecule has 9 heavy (non-hydrogen) atoms. The molecule has 1 saturated heterocycles. The summed E-state index contributed by atoms with van der Waals surface area (Å²) in [6.07, 6.45) is 2.64. The second kappa shape index (κ2) is 3.18. The molecule has 0 aliphatic carbocycles. The van der Waals surface area contributed by atoms with Crippen LogP contribution in [0.5, 0.6) is 0 Å². The smallest absolute Gasteiger partial charge is 0.0533 e. The van der Waals surface area contributed by atoms with Crippen LogP contribution in [0.1, 0.15) is 19.8 Å². The maximum atomic E-state index is 5.35. The Morgan fingerprint density at radius 3 is 2.78 bits per heavy atom. The standard InChI is InChI=1S/C7H14NO/c1-6-5-7(8-2)3-4-9-6/h6-7H,3-5H2,1-2H3/q-1. The molecule has 0 spiro atoms. The van der Waals surface area contributed by atoms with Crippen molar-refractivity contribution >= 4 is 0 Å². The summed E-state index contributed by atoms with van der Waals surface area (Å²) in [7, 11) is 1.89. The Labute approximate surface area is 56.6 Å². The van der Waals surface area contributed by atoms with Gasteiger partial charge in [0.25, 0.3) is 0 Å². The lowest BCUT2D eigenvalue weighted by molar-refractivity contribution is 0.0245. The van der Waals surface area contributed by atoms with Crippen molar-refractivity contribution in [3.8, 4) is 0 Å². The van der Waals surface area contributed by atoms with Crippen LogP contribution in [-0.2, 0) is 4.74 Å². The molecule has 0 aromatic carbocycles. The van der Waals surface area contributed by atoms with Crippen LogP contribution in [0.2, 0.25) is 0 Å². The van der Waals surface area contributed by atoms with Crippen molar-refractivity contribution in [3.63, 3.8) is 0 Å². The molecule has 0 radical (unpaired) electrons. The van der Waals surface area contributed by atoms with E-state index in [4.69, 9.17) is 4.74 Å². The summed E-state index contributed by atoms with van der Waals surface area (Å²) in [5.41, 5.74) is 0. The van der Waals surface area contributed by atoms with Crippen molar-refractivity contribution in [2.24, 2.45) is 0 Å². The Balaban J connectivity index is 2.23. The minimum absolute atomic E-state index is 0.424. The van der Waals surface area contributed by atoms with Crippen molar-refractivity contribution < 1.29 is 4.74 Å². The van der Waals surface area contributed by atoms with Gasteiger partial charge < -0.3 is 10.1 Å². The first-order valence-electron chi connectivity index (χ1n) is 3.53. The highest BCUT2D eigenvalue weighted by atomic mass is 16.5. The third-order valence-electron chi connectivity index (χ3n) is 1.82. The van der Waals surface area contributed by atoms with Gasteiger partial charge in [0, 0.05) is 6.61 Å². The van der Waals surface area contributed by atoms with Gasteiger partial charge in [-0.3, -0.25) is 0 Å². The molecule has 54 valence electrons. The van der Waals surface area contributed by atoms with E-state index in [1.807, 2.05) is 7.05 Å². The summed E-state index contributed by atoms with van der Waals surface area (Å²) < 4.78 is 5.35.